The number of ether oxygens (including phenoxy) is 1. The number of carbonyl (C=O) groups is 1. The monoisotopic (exact) mass is 365 g/mol. The molecule has 0 radical (unpaired) electrons. The van der Waals surface area contributed by atoms with E-state index in [1.807, 2.05) is 60.8 Å². The molecule has 2 heterocycles. The minimum absolute atomic E-state index is 0.0706. The summed E-state index contributed by atoms with van der Waals surface area (Å²) in [5, 5.41) is 12.1. The van der Waals surface area contributed by atoms with E-state index >= 15 is 0 Å². The van der Waals surface area contributed by atoms with E-state index in [1.54, 1.807) is 17.4 Å². The van der Waals surface area contributed by atoms with Crippen molar-refractivity contribution < 1.29 is 9.53 Å². The van der Waals surface area contributed by atoms with Crippen molar-refractivity contribution in [3.8, 4) is 6.07 Å². The van der Waals surface area contributed by atoms with Crippen LogP contribution < -0.4 is 4.90 Å². The smallest absolute Gasteiger partial charge is 0.338 e. The van der Waals surface area contributed by atoms with E-state index in [9.17, 15) is 10.1 Å². The Hall–Kier alpha value is -2.91. The number of hydrogen-bond acceptors (Lipinski definition) is 6. The number of nitrogens with zero attached hydrogens (tertiary/aromatic N) is 3. The molecule has 5 nitrogen and oxygen atoms in total. The number of para-hydroxylation sites is 1. The van der Waals surface area contributed by atoms with Gasteiger partial charge in [0.15, 0.2) is 0 Å². The lowest BCUT2D eigenvalue weighted by Gasteiger charge is -2.15. The summed E-state index contributed by atoms with van der Waals surface area (Å²) in [5.74, 6) is -0.108. The van der Waals surface area contributed by atoms with Crippen LogP contribution in [0.25, 0.3) is 10.9 Å². The number of nitriles is 1. The molecule has 3 rings (SSSR count). The van der Waals surface area contributed by atoms with Crippen LogP contribution in [0.5, 0.6) is 0 Å². The normalized spacial score (nSPS) is 11.7. The Morgan fingerprint density at radius 2 is 2.12 bits per heavy atom. The fourth-order valence-electron chi connectivity index (χ4n) is 2.63. The van der Waals surface area contributed by atoms with Gasteiger partial charge in [-0.3, -0.25) is 0 Å². The number of rotatable bonds is 6. The van der Waals surface area contributed by atoms with Crippen LogP contribution in [-0.4, -0.2) is 31.7 Å². The van der Waals surface area contributed by atoms with E-state index in [2.05, 4.69) is 11.1 Å². The maximum Gasteiger partial charge on any atom is 0.338 e. The highest BCUT2D eigenvalue weighted by Crippen LogP contribution is 2.23. The Kier molecular flexibility index (Phi) is 5.49. The molecule has 2 aromatic heterocycles. The second-order valence-electron chi connectivity index (χ2n) is 6.15. The molecule has 0 unspecified atom stereocenters. The summed E-state index contributed by atoms with van der Waals surface area (Å²) < 4.78 is 5.47. The van der Waals surface area contributed by atoms with Gasteiger partial charge in [-0.15, -0.1) is 11.3 Å². The molecule has 0 N–H and O–H groups in total. The van der Waals surface area contributed by atoms with Crippen LogP contribution in [0.1, 0.15) is 15.2 Å². The van der Waals surface area contributed by atoms with E-state index in [4.69, 9.17) is 4.74 Å². The SMILES string of the molecule is CN(C)c1cc(C(=O)OC[C@H](C#N)Cc2cccs2)c2ccccc2n1. The van der Waals surface area contributed by atoms with Crippen molar-refractivity contribution in [1.29, 1.82) is 5.26 Å². The Labute approximate surface area is 156 Å². The van der Waals surface area contributed by atoms with Gasteiger partial charge in [0.2, 0.25) is 0 Å². The lowest BCUT2D eigenvalue weighted by atomic mass is 10.1. The van der Waals surface area contributed by atoms with Gasteiger partial charge in [-0.05, 0) is 23.6 Å². The zero-order chi connectivity index (χ0) is 18.5. The van der Waals surface area contributed by atoms with Crippen LogP contribution in [0.15, 0.2) is 47.8 Å². The molecule has 26 heavy (non-hydrogen) atoms. The fourth-order valence-corrected chi connectivity index (χ4v) is 3.41. The third-order valence-corrected chi connectivity index (χ3v) is 4.91. The second-order valence-corrected chi connectivity index (χ2v) is 7.18. The first-order chi connectivity index (χ1) is 12.6. The van der Waals surface area contributed by atoms with E-state index in [0.29, 0.717) is 17.8 Å². The molecule has 0 amide bonds. The van der Waals surface area contributed by atoms with Gasteiger partial charge in [0.05, 0.1) is 23.1 Å². The van der Waals surface area contributed by atoms with Crippen molar-refractivity contribution in [2.45, 2.75) is 6.42 Å². The van der Waals surface area contributed by atoms with Gasteiger partial charge in [-0.1, -0.05) is 24.3 Å². The highest BCUT2D eigenvalue weighted by molar-refractivity contribution is 7.09. The largest absolute Gasteiger partial charge is 0.461 e. The minimum atomic E-state index is -0.432. The molecule has 3 aromatic rings. The number of anilines is 1. The van der Waals surface area contributed by atoms with Crippen LogP contribution in [0.3, 0.4) is 0 Å². The number of carbonyl (C=O) groups excluding carboxylic acids is 1. The summed E-state index contributed by atoms with van der Waals surface area (Å²) in [5.41, 5.74) is 1.20. The van der Waals surface area contributed by atoms with Gasteiger partial charge < -0.3 is 9.64 Å². The molecule has 0 spiro atoms. The molecule has 0 aliphatic rings. The Balaban J connectivity index is 1.80. The minimum Gasteiger partial charge on any atom is -0.461 e. The number of aromatic nitrogens is 1. The Morgan fingerprint density at radius 1 is 1.31 bits per heavy atom. The zero-order valence-corrected chi connectivity index (χ0v) is 15.5. The quantitative estimate of drug-likeness (QED) is 0.620. The molecule has 0 saturated carbocycles. The van der Waals surface area contributed by atoms with Crippen molar-refractivity contribution in [1.82, 2.24) is 4.98 Å². The van der Waals surface area contributed by atoms with Gasteiger partial charge >= 0.3 is 5.97 Å². The lowest BCUT2D eigenvalue weighted by molar-refractivity contribution is 0.0471. The molecular weight excluding hydrogens is 346 g/mol. The number of thiophene rings is 1. The van der Waals surface area contributed by atoms with Gasteiger partial charge in [-0.2, -0.15) is 5.26 Å². The second kappa shape index (κ2) is 7.98. The average molecular weight is 365 g/mol. The maximum absolute atomic E-state index is 12.7. The summed E-state index contributed by atoms with van der Waals surface area (Å²) in [6, 6.07) is 15.4. The fraction of sp³-hybridized carbons (Fsp3) is 0.250. The number of hydrogen-bond donors (Lipinski definition) is 0. The lowest BCUT2D eigenvalue weighted by Crippen LogP contribution is -2.17. The molecular formula is C20H19N3O2S. The van der Waals surface area contributed by atoms with Crippen LogP contribution in [0, 0.1) is 17.2 Å². The van der Waals surface area contributed by atoms with Gasteiger partial charge in [0.1, 0.15) is 12.4 Å². The number of benzene rings is 1. The summed E-state index contributed by atoms with van der Waals surface area (Å²) in [4.78, 5) is 20.2. The first-order valence-electron chi connectivity index (χ1n) is 8.24. The summed E-state index contributed by atoms with van der Waals surface area (Å²) in [6.07, 6.45) is 0.585. The van der Waals surface area contributed by atoms with Crippen molar-refractivity contribution in [3.63, 3.8) is 0 Å². The van der Waals surface area contributed by atoms with Gasteiger partial charge in [0.25, 0.3) is 0 Å². The van der Waals surface area contributed by atoms with Gasteiger partial charge in [0, 0.05) is 30.8 Å². The topological polar surface area (TPSA) is 66.2 Å². The number of esters is 1. The molecule has 0 fully saturated rings. The molecule has 132 valence electrons. The van der Waals surface area contributed by atoms with E-state index in [1.165, 1.54) is 0 Å². The molecule has 6 heteroatoms. The Morgan fingerprint density at radius 3 is 2.81 bits per heavy atom. The third-order valence-electron chi connectivity index (χ3n) is 4.01. The highest BCUT2D eigenvalue weighted by Gasteiger charge is 2.18. The van der Waals surface area contributed by atoms with Crippen molar-refractivity contribution in [3.05, 3.63) is 58.3 Å². The highest BCUT2D eigenvalue weighted by atomic mass is 32.1. The van der Waals surface area contributed by atoms with Crippen molar-refractivity contribution in [2.24, 2.45) is 5.92 Å². The third kappa shape index (κ3) is 4.01. The summed E-state index contributed by atoms with van der Waals surface area (Å²) in [7, 11) is 3.75. The van der Waals surface area contributed by atoms with Crippen LogP contribution >= 0.6 is 11.3 Å². The average Bonchev–Trinajstić information content (AvgIpc) is 3.16. The van der Waals surface area contributed by atoms with Gasteiger partial charge in [-0.25, -0.2) is 9.78 Å². The van der Waals surface area contributed by atoms with E-state index in [0.717, 1.165) is 15.8 Å². The molecule has 0 aliphatic carbocycles. The first-order valence-corrected chi connectivity index (χ1v) is 9.12. The van der Waals surface area contributed by atoms with Crippen molar-refractivity contribution >= 4 is 34.0 Å². The standard InChI is InChI=1S/C20H19N3O2S/c1-23(2)19-11-17(16-7-3-4-8-18(16)22-19)20(24)25-13-14(12-21)10-15-6-5-9-26-15/h3-9,11,14H,10,13H2,1-2H3/t14-/m0/s1. The van der Waals surface area contributed by atoms with E-state index in [-0.39, 0.29) is 12.5 Å². The predicted molar refractivity (Wildman–Crippen MR) is 103 cm³/mol. The zero-order valence-electron chi connectivity index (χ0n) is 14.7. The molecule has 0 aliphatic heterocycles. The summed E-state index contributed by atoms with van der Waals surface area (Å²) >= 11 is 1.60. The van der Waals surface area contributed by atoms with E-state index < -0.39 is 5.97 Å². The molecule has 1 atom stereocenters. The Bertz CT molecular complexity index is 945. The first kappa shape index (κ1) is 17.9. The van der Waals surface area contributed by atoms with Crippen LogP contribution in [0.4, 0.5) is 5.82 Å². The molecule has 1 aromatic carbocycles. The molecule has 0 bridgehead atoms. The van der Waals surface area contributed by atoms with Crippen LogP contribution in [0.2, 0.25) is 0 Å². The number of fused-ring (bicyclic) bond motifs is 1. The number of pyridine rings is 1. The van der Waals surface area contributed by atoms with Crippen LogP contribution in [-0.2, 0) is 11.2 Å². The maximum atomic E-state index is 12.7. The summed E-state index contributed by atoms with van der Waals surface area (Å²) in [6.45, 7) is 0.0706. The van der Waals surface area contributed by atoms with Crippen molar-refractivity contribution in [2.75, 3.05) is 25.6 Å². The predicted octanol–water partition coefficient (Wildman–Crippen LogP) is 3.90. The molecule has 0 saturated heterocycles.